The van der Waals surface area contributed by atoms with Crippen LogP contribution < -0.4 is 15.8 Å². The van der Waals surface area contributed by atoms with E-state index in [0.717, 1.165) is 12.1 Å². The van der Waals surface area contributed by atoms with Gasteiger partial charge in [0, 0.05) is 45.1 Å². The quantitative estimate of drug-likeness (QED) is 0.356. The summed E-state index contributed by atoms with van der Waals surface area (Å²) in [6.07, 6.45) is 3.13. The molecule has 12 heteroatoms. The van der Waals surface area contributed by atoms with Gasteiger partial charge in [0.2, 0.25) is 5.43 Å². The van der Waals surface area contributed by atoms with Gasteiger partial charge in [0.25, 0.3) is 5.91 Å². The zero-order valence-corrected chi connectivity index (χ0v) is 20.8. The first-order chi connectivity index (χ1) is 17.1. The van der Waals surface area contributed by atoms with Crippen molar-refractivity contribution in [1.29, 1.82) is 10.8 Å². The number of hydrogen-bond acceptors (Lipinski definition) is 8. The van der Waals surface area contributed by atoms with Crippen LogP contribution in [0.3, 0.4) is 0 Å². The first-order valence-corrected chi connectivity index (χ1v) is 12.5. The molecule has 2 aliphatic heterocycles. The number of rotatable bonds is 5. The number of benzene rings is 1. The number of nitrogens with one attached hydrogen (secondary N) is 3. The molecule has 4 N–H and O–H groups in total. The molecule has 4 rings (SSSR count). The Bertz CT molecular complexity index is 1290. The second kappa shape index (κ2) is 10.0. The molecule has 2 aliphatic rings. The van der Waals surface area contributed by atoms with Gasteiger partial charge in [0.1, 0.15) is 22.3 Å². The smallest absolute Gasteiger partial charge is 0.278 e. The third-order valence-electron chi connectivity index (χ3n) is 6.73. The highest BCUT2D eigenvalue weighted by Crippen LogP contribution is 2.36. The predicted molar refractivity (Wildman–Crippen MR) is 135 cm³/mol. The summed E-state index contributed by atoms with van der Waals surface area (Å²) in [5.74, 6) is -2.74. The van der Waals surface area contributed by atoms with Crippen LogP contribution in [-0.4, -0.2) is 63.0 Å². The van der Waals surface area contributed by atoms with Crippen LogP contribution in [0.2, 0.25) is 0 Å². The van der Waals surface area contributed by atoms with Crippen molar-refractivity contribution in [1.82, 2.24) is 14.9 Å². The van der Waals surface area contributed by atoms with E-state index in [1.165, 1.54) is 16.9 Å². The molecular formula is C24H28F2N6O3S. The molecule has 1 spiro atoms. The largest absolute Gasteiger partial charge is 0.502 e. The number of halogens is 2. The highest BCUT2D eigenvalue weighted by atomic mass is 32.2. The molecule has 1 aromatic carbocycles. The van der Waals surface area contributed by atoms with Crippen LogP contribution >= 0.6 is 11.8 Å². The SMILES string of the molecule is CCCN1C(=O)c2c(O)c(=O)c(C(=N)SC(=N)Cc3ccc(F)cc3F)cn2N(C)C12CCNCC2. The highest BCUT2D eigenvalue weighted by Gasteiger charge is 2.50. The van der Waals surface area contributed by atoms with E-state index in [0.29, 0.717) is 50.7 Å². The summed E-state index contributed by atoms with van der Waals surface area (Å²) in [4.78, 5) is 28.2. The van der Waals surface area contributed by atoms with E-state index >= 15 is 0 Å². The maximum atomic E-state index is 14.0. The summed E-state index contributed by atoms with van der Waals surface area (Å²) in [7, 11) is 1.79. The summed E-state index contributed by atoms with van der Waals surface area (Å²) in [6.45, 7) is 3.79. The lowest BCUT2D eigenvalue weighted by Gasteiger charge is -2.56. The van der Waals surface area contributed by atoms with Gasteiger partial charge in [-0.3, -0.25) is 30.1 Å². The van der Waals surface area contributed by atoms with Crippen molar-refractivity contribution in [3.63, 3.8) is 0 Å². The number of aromatic hydroxyl groups is 1. The molecule has 0 radical (unpaired) electrons. The number of thioether (sulfide) groups is 1. The van der Waals surface area contributed by atoms with Crippen LogP contribution in [0.4, 0.5) is 8.78 Å². The number of fused-ring (bicyclic) bond motifs is 1. The van der Waals surface area contributed by atoms with Crippen molar-refractivity contribution in [2.24, 2.45) is 0 Å². The Kier molecular flexibility index (Phi) is 7.19. The van der Waals surface area contributed by atoms with Gasteiger partial charge in [0.05, 0.1) is 10.6 Å². The molecule has 2 aromatic rings. The second-order valence-corrected chi connectivity index (χ2v) is 10.00. The van der Waals surface area contributed by atoms with Crippen LogP contribution in [0.25, 0.3) is 0 Å². The molecule has 0 saturated carbocycles. The van der Waals surface area contributed by atoms with Crippen molar-refractivity contribution >= 4 is 27.8 Å². The summed E-state index contributed by atoms with van der Waals surface area (Å²) in [5, 5.41) is 32.1. The minimum Gasteiger partial charge on any atom is -0.502 e. The highest BCUT2D eigenvalue weighted by molar-refractivity contribution is 8.26. The molecule has 0 aliphatic carbocycles. The Hall–Kier alpha value is -3.25. The van der Waals surface area contributed by atoms with Crippen LogP contribution in [-0.2, 0) is 6.42 Å². The second-order valence-electron chi connectivity index (χ2n) is 8.89. The minimum atomic E-state index is -0.890. The number of amides is 1. The van der Waals surface area contributed by atoms with Crippen molar-refractivity contribution in [2.45, 2.75) is 38.3 Å². The third kappa shape index (κ3) is 4.39. The normalized spacial score (nSPS) is 16.8. The van der Waals surface area contributed by atoms with Crippen LogP contribution in [0.15, 0.2) is 29.2 Å². The average molecular weight is 519 g/mol. The van der Waals surface area contributed by atoms with Gasteiger partial charge >= 0.3 is 0 Å². The van der Waals surface area contributed by atoms with E-state index < -0.39 is 34.4 Å². The molecule has 1 fully saturated rings. The van der Waals surface area contributed by atoms with E-state index in [1.807, 2.05) is 11.9 Å². The Labute approximate surface area is 211 Å². The number of hydrogen-bond donors (Lipinski definition) is 4. The molecular weight excluding hydrogens is 490 g/mol. The van der Waals surface area contributed by atoms with Gasteiger partial charge in [-0.2, -0.15) is 0 Å². The van der Waals surface area contributed by atoms with Crippen molar-refractivity contribution in [2.75, 3.05) is 31.7 Å². The predicted octanol–water partition coefficient (Wildman–Crippen LogP) is 2.62. The Morgan fingerprint density at radius 2 is 1.92 bits per heavy atom. The standard InChI is InChI=1S/C24H28F2N6O3S/c1-3-10-31-23(35)19-21(34)20(33)16(13-32(19)30(2)24(31)6-8-29-9-7-24)22(28)36-18(27)11-14-4-5-15(25)12-17(14)26/h4-5,12-13,27-29,34H,3,6-11H2,1-2H3. The number of carbonyl (C=O) groups excluding carboxylic acids is 1. The monoisotopic (exact) mass is 518 g/mol. The van der Waals surface area contributed by atoms with Gasteiger partial charge in [-0.25, -0.2) is 8.78 Å². The maximum Gasteiger partial charge on any atom is 0.278 e. The number of piperidine rings is 1. The summed E-state index contributed by atoms with van der Waals surface area (Å²) in [6, 6.07) is 3.03. The van der Waals surface area contributed by atoms with Crippen LogP contribution in [0, 0.1) is 22.5 Å². The van der Waals surface area contributed by atoms with Crippen LogP contribution in [0.1, 0.15) is 47.8 Å². The lowest BCUT2D eigenvalue weighted by molar-refractivity contribution is 0.0152. The Morgan fingerprint density at radius 1 is 1.22 bits per heavy atom. The molecule has 3 heterocycles. The minimum absolute atomic E-state index is 0.0842. The van der Waals surface area contributed by atoms with E-state index in [9.17, 15) is 23.5 Å². The number of carbonyl (C=O) groups is 1. The summed E-state index contributed by atoms with van der Waals surface area (Å²) in [5.41, 5.74) is -1.81. The van der Waals surface area contributed by atoms with Crippen molar-refractivity contribution < 1.29 is 18.7 Å². The van der Waals surface area contributed by atoms with E-state index in [1.54, 1.807) is 11.9 Å². The van der Waals surface area contributed by atoms with Gasteiger partial charge in [0.15, 0.2) is 11.4 Å². The number of pyridine rings is 1. The van der Waals surface area contributed by atoms with Gasteiger partial charge in [-0.15, -0.1) is 0 Å². The van der Waals surface area contributed by atoms with Crippen molar-refractivity contribution in [3.8, 4) is 5.75 Å². The zero-order chi connectivity index (χ0) is 26.2. The molecule has 36 heavy (non-hydrogen) atoms. The molecule has 192 valence electrons. The molecule has 0 bridgehead atoms. The van der Waals surface area contributed by atoms with Crippen molar-refractivity contribution in [3.05, 3.63) is 63.1 Å². The fourth-order valence-electron chi connectivity index (χ4n) is 4.89. The number of aromatic nitrogens is 1. The molecule has 9 nitrogen and oxygen atoms in total. The fraction of sp³-hybridized carbons (Fsp3) is 0.417. The first kappa shape index (κ1) is 25.8. The fourth-order valence-corrected chi connectivity index (χ4v) is 5.61. The lowest BCUT2D eigenvalue weighted by atomic mass is 9.93. The number of nitrogens with zero attached hydrogens (tertiary/aromatic N) is 3. The first-order valence-electron chi connectivity index (χ1n) is 11.6. The topological polar surface area (TPSA) is 126 Å². The average Bonchev–Trinajstić information content (AvgIpc) is 2.84. The Balaban J connectivity index is 1.68. The van der Waals surface area contributed by atoms with E-state index in [4.69, 9.17) is 10.8 Å². The lowest BCUT2D eigenvalue weighted by Crippen LogP contribution is -2.71. The third-order valence-corrected chi connectivity index (χ3v) is 7.54. The van der Waals surface area contributed by atoms with Gasteiger partial charge in [-0.1, -0.05) is 24.8 Å². The molecule has 1 aromatic heterocycles. The molecule has 0 atom stereocenters. The summed E-state index contributed by atoms with van der Waals surface area (Å²) >= 11 is 0.630. The zero-order valence-electron chi connectivity index (χ0n) is 20.0. The van der Waals surface area contributed by atoms with Crippen LogP contribution in [0.5, 0.6) is 5.75 Å². The van der Waals surface area contributed by atoms with E-state index in [-0.39, 0.29) is 33.3 Å². The molecule has 0 unspecified atom stereocenters. The van der Waals surface area contributed by atoms with E-state index in [2.05, 4.69) is 5.32 Å². The molecule has 1 amide bonds. The Morgan fingerprint density at radius 3 is 2.56 bits per heavy atom. The van der Waals surface area contributed by atoms with Gasteiger partial charge in [-0.05, 0) is 31.1 Å². The summed E-state index contributed by atoms with van der Waals surface area (Å²) < 4.78 is 28.6. The molecule has 1 saturated heterocycles. The van der Waals surface area contributed by atoms with Gasteiger partial charge < -0.3 is 15.3 Å². The maximum absolute atomic E-state index is 14.0.